The second kappa shape index (κ2) is 2.48. The highest BCUT2D eigenvalue weighted by atomic mass is 16.3. The van der Waals surface area contributed by atoms with E-state index >= 15 is 0 Å². The zero-order valence-corrected chi connectivity index (χ0v) is 8.15. The number of aliphatic hydroxyl groups excluding tert-OH is 1. The van der Waals surface area contributed by atoms with E-state index in [-0.39, 0.29) is 6.10 Å². The van der Waals surface area contributed by atoms with Gasteiger partial charge < -0.3 is 5.11 Å². The maximum absolute atomic E-state index is 9.48. The van der Waals surface area contributed by atoms with E-state index in [9.17, 15) is 5.11 Å². The van der Waals surface area contributed by atoms with Crippen LogP contribution < -0.4 is 0 Å². The molecule has 1 rings (SSSR count). The molecule has 0 aliphatic heterocycles. The standard InChI is InChI=1S/C10H20O/c1-9(2)6-5-8(11)7-10(9,3)4/h8,11H,5-7H2,1-4H3/t8-/m0/s1. The Labute approximate surface area is 69.8 Å². The van der Waals surface area contributed by atoms with Crippen LogP contribution in [-0.2, 0) is 0 Å². The maximum atomic E-state index is 9.48. The minimum atomic E-state index is -0.0574. The van der Waals surface area contributed by atoms with E-state index in [4.69, 9.17) is 0 Å². The number of hydrogen-bond acceptors (Lipinski definition) is 1. The average molecular weight is 156 g/mol. The second-order valence-electron chi connectivity index (χ2n) is 5.16. The molecule has 1 N–H and O–H groups in total. The van der Waals surface area contributed by atoms with Gasteiger partial charge in [0.25, 0.3) is 0 Å². The second-order valence-corrected chi connectivity index (χ2v) is 5.16. The van der Waals surface area contributed by atoms with Crippen molar-refractivity contribution in [2.75, 3.05) is 0 Å². The van der Waals surface area contributed by atoms with Crippen LogP contribution in [0.2, 0.25) is 0 Å². The maximum Gasteiger partial charge on any atom is 0.0545 e. The summed E-state index contributed by atoms with van der Waals surface area (Å²) < 4.78 is 0. The SMILES string of the molecule is CC1(C)CC[C@H](O)CC1(C)C. The van der Waals surface area contributed by atoms with Gasteiger partial charge in [-0.15, -0.1) is 0 Å². The first kappa shape index (κ1) is 9.05. The van der Waals surface area contributed by atoms with Crippen molar-refractivity contribution in [2.24, 2.45) is 10.8 Å². The number of hydrogen-bond donors (Lipinski definition) is 1. The molecule has 1 nitrogen and oxygen atoms in total. The molecule has 1 aliphatic rings. The smallest absolute Gasteiger partial charge is 0.0545 e. The quantitative estimate of drug-likeness (QED) is 0.571. The molecule has 0 spiro atoms. The molecule has 0 unspecified atom stereocenters. The Bertz CT molecular complexity index is 147. The van der Waals surface area contributed by atoms with Crippen molar-refractivity contribution >= 4 is 0 Å². The van der Waals surface area contributed by atoms with Gasteiger partial charge in [-0.3, -0.25) is 0 Å². The molecule has 1 saturated carbocycles. The van der Waals surface area contributed by atoms with E-state index in [1.165, 1.54) is 0 Å². The predicted molar refractivity (Wildman–Crippen MR) is 47.4 cm³/mol. The zero-order valence-electron chi connectivity index (χ0n) is 8.15. The van der Waals surface area contributed by atoms with E-state index in [1.807, 2.05) is 0 Å². The van der Waals surface area contributed by atoms with Crippen molar-refractivity contribution in [2.45, 2.75) is 53.1 Å². The van der Waals surface area contributed by atoms with Crippen molar-refractivity contribution < 1.29 is 5.11 Å². The summed E-state index contributed by atoms with van der Waals surface area (Å²) in [6.45, 7) is 9.13. The monoisotopic (exact) mass is 156 g/mol. The zero-order chi connectivity index (χ0) is 8.70. The molecule has 66 valence electrons. The Morgan fingerprint density at radius 3 is 2.00 bits per heavy atom. The highest BCUT2D eigenvalue weighted by Gasteiger charge is 2.41. The average Bonchev–Trinajstić information content (AvgIpc) is 1.80. The Morgan fingerprint density at radius 1 is 1.09 bits per heavy atom. The highest BCUT2D eigenvalue weighted by molar-refractivity contribution is 4.92. The van der Waals surface area contributed by atoms with E-state index in [0.29, 0.717) is 10.8 Å². The Morgan fingerprint density at radius 2 is 1.64 bits per heavy atom. The molecule has 11 heavy (non-hydrogen) atoms. The third-order valence-electron chi connectivity index (χ3n) is 3.68. The van der Waals surface area contributed by atoms with Gasteiger partial charge in [-0.05, 0) is 30.1 Å². The van der Waals surface area contributed by atoms with Gasteiger partial charge in [0.1, 0.15) is 0 Å². The number of rotatable bonds is 0. The van der Waals surface area contributed by atoms with E-state index in [2.05, 4.69) is 27.7 Å². The molecule has 1 heteroatoms. The van der Waals surface area contributed by atoms with Gasteiger partial charge in [0, 0.05) is 0 Å². The van der Waals surface area contributed by atoms with Crippen molar-refractivity contribution in [3.05, 3.63) is 0 Å². The fourth-order valence-corrected chi connectivity index (χ4v) is 1.83. The molecule has 1 aliphatic carbocycles. The summed E-state index contributed by atoms with van der Waals surface area (Å²) in [5, 5.41) is 9.48. The molecule has 0 bridgehead atoms. The molecule has 0 aromatic carbocycles. The van der Waals surface area contributed by atoms with Gasteiger partial charge in [0.2, 0.25) is 0 Å². The topological polar surface area (TPSA) is 20.2 Å². The molecule has 0 heterocycles. The lowest BCUT2D eigenvalue weighted by Crippen LogP contribution is -2.40. The Hall–Kier alpha value is -0.0400. The largest absolute Gasteiger partial charge is 0.393 e. The van der Waals surface area contributed by atoms with Crippen LogP contribution >= 0.6 is 0 Å². The molecule has 0 aromatic rings. The molecule has 0 saturated heterocycles. The summed E-state index contributed by atoms with van der Waals surface area (Å²) >= 11 is 0. The molecule has 0 amide bonds. The first-order valence-corrected chi connectivity index (χ1v) is 4.53. The van der Waals surface area contributed by atoms with Crippen LogP contribution in [0.25, 0.3) is 0 Å². The fourth-order valence-electron chi connectivity index (χ4n) is 1.83. The van der Waals surface area contributed by atoms with E-state index in [1.54, 1.807) is 0 Å². The lowest BCUT2D eigenvalue weighted by molar-refractivity contribution is -0.0248. The van der Waals surface area contributed by atoms with Gasteiger partial charge in [-0.2, -0.15) is 0 Å². The fraction of sp³-hybridized carbons (Fsp3) is 1.00. The molecule has 1 fully saturated rings. The lowest BCUT2D eigenvalue weighted by atomic mass is 9.59. The first-order valence-electron chi connectivity index (χ1n) is 4.53. The van der Waals surface area contributed by atoms with Crippen molar-refractivity contribution in [1.29, 1.82) is 0 Å². The van der Waals surface area contributed by atoms with Gasteiger partial charge in [-0.1, -0.05) is 27.7 Å². The lowest BCUT2D eigenvalue weighted by Gasteiger charge is -2.47. The third kappa shape index (κ3) is 1.58. The third-order valence-corrected chi connectivity index (χ3v) is 3.68. The normalized spacial score (nSPS) is 35.2. The van der Waals surface area contributed by atoms with Gasteiger partial charge in [0.15, 0.2) is 0 Å². The summed E-state index contributed by atoms with van der Waals surface area (Å²) in [5.74, 6) is 0. The van der Waals surface area contributed by atoms with Gasteiger partial charge >= 0.3 is 0 Å². The van der Waals surface area contributed by atoms with Crippen LogP contribution in [0.15, 0.2) is 0 Å². The molecular formula is C10H20O. The van der Waals surface area contributed by atoms with E-state index < -0.39 is 0 Å². The van der Waals surface area contributed by atoms with Gasteiger partial charge in [-0.25, -0.2) is 0 Å². The van der Waals surface area contributed by atoms with Gasteiger partial charge in [0.05, 0.1) is 6.10 Å². The highest BCUT2D eigenvalue weighted by Crippen LogP contribution is 2.49. The summed E-state index contributed by atoms with van der Waals surface area (Å²) in [4.78, 5) is 0. The molecular weight excluding hydrogens is 136 g/mol. The van der Waals surface area contributed by atoms with Crippen LogP contribution in [0, 0.1) is 10.8 Å². The number of aliphatic hydroxyl groups is 1. The van der Waals surface area contributed by atoms with Crippen molar-refractivity contribution in [3.8, 4) is 0 Å². The van der Waals surface area contributed by atoms with Crippen LogP contribution in [0.1, 0.15) is 47.0 Å². The summed E-state index contributed by atoms with van der Waals surface area (Å²) in [6.07, 6.45) is 3.04. The molecule has 1 atom stereocenters. The summed E-state index contributed by atoms with van der Waals surface area (Å²) in [7, 11) is 0. The first-order chi connectivity index (χ1) is 4.85. The molecule has 0 radical (unpaired) electrons. The predicted octanol–water partition coefficient (Wildman–Crippen LogP) is 2.58. The minimum absolute atomic E-state index is 0.0574. The van der Waals surface area contributed by atoms with Crippen LogP contribution in [0.4, 0.5) is 0 Å². The van der Waals surface area contributed by atoms with E-state index in [0.717, 1.165) is 19.3 Å². The van der Waals surface area contributed by atoms with Crippen LogP contribution in [0.5, 0.6) is 0 Å². The minimum Gasteiger partial charge on any atom is -0.393 e. The molecule has 0 aromatic heterocycles. The van der Waals surface area contributed by atoms with Crippen molar-refractivity contribution in [3.63, 3.8) is 0 Å². The summed E-state index contributed by atoms with van der Waals surface area (Å²) in [5.41, 5.74) is 0.691. The summed E-state index contributed by atoms with van der Waals surface area (Å²) in [6, 6.07) is 0. The van der Waals surface area contributed by atoms with Crippen molar-refractivity contribution in [1.82, 2.24) is 0 Å². The Kier molecular flexibility index (Phi) is 2.04. The van der Waals surface area contributed by atoms with Crippen LogP contribution in [-0.4, -0.2) is 11.2 Å². The van der Waals surface area contributed by atoms with Crippen LogP contribution in [0.3, 0.4) is 0 Å². The Balaban J connectivity index is 2.72.